The smallest absolute Gasteiger partial charge is 0.416 e. The molecule has 15 heteroatoms. The molecular weight excluding hydrogens is 741 g/mol. The third-order valence-corrected chi connectivity index (χ3v) is 9.28. The van der Waals surface area contributed by atoms with Gasteiger partial charge in [-0.2, -0.15) is 18.3 Å². The molecule has 0 unspecified atom stereocenters. The van der Waals surface area contributed by atoms with Crippen LogP contribution in [0.25, 0.3) is 27.6 Å². The Hall–Kier alpha value is -5.46. The Kier molecular flexibility index (Phi) is 10.9. The largest absolute Gasteiger partial charge is 1.00 e. The summed E-state index contributed by atoms with van der Waals surface area (Å²) in [5.41, 5.74) is 0.634. The number of carbonyl (C=O) groups is 2. The molecule has 3 heterocycles. The fourth-order valence-corrected chi connectivity index (χ4v) is 6.51. The number of aromatic nitrogens is 4. The highest BCUT2D eigenvalue weighted by Gasteiger charge is 2.35. The molecule has 1 aliphatic rings. The minimum absolute atomic E-state index is 0. The summed E-state index contributed by atoms with van der Waals surface area (Å²) in [6.45, 7) is 13.5. The molecule has 0 radical (unpaired) electrons. The van der Waals surface area contributed by atoms with E-state index in [2.05, 4.69) is 34.4 Å². The van der Waals surface area contributed by atoms with E-state index in [0.717, 1.165) is 32.3 Å². The number of amides is 2. The van der Waals surface area contributed by atoms with Crippen LogP contribution in [0.2, 0.25) is 0 Å². The van der Waals surface area contributed by atoms with Gasteiger partial charge in [0, 0.05) is 5.56 Å². The predicted octanol–water partition coefficient (Wildman–Crippen LogP) is 2.81. The van der Waals surface area contributed by atoms with Crippen molar-refractivity contribution in [2.24, 2.45) is 0 Å². The fourth-order valence-electron chi connectivity index (χ4n) is 6.51. The van der Waals surface area contributed by atoms with E-state index in [4.69, 9.17) is 6.57 Å². The minimum atomic E-state index is -4.67. The number of benzene rings is 3. The molecule has 2 aromatic heterocycles. The SMILES string of the molecule is [Br-].[C-]#[N+]c1ccc(-n2nccc2-c2c(C)n(-c3cccc(C(F)(F)F)c3)c(=O)n2C(=O)N[C@@H](C)C(=O)N2CC[N+](C)(Cc3ccccc3)CC2)cc1. The van der Waals surface area contributed by atoms with Gasteiger partial charge < -0.3 is 31.7 Å². The Bertz CT molecular complexity index is 2180. The first kappa shape index (κ1) is 37.8. The van der Waals surface area contributed by atoms with Crippen LogP contribution in [-0.4, -0.2) is 79.5 Å². The minimum Gasteiger partial charge on any atom is -1.00 e. The average Bonchev–Trinajstić information content (AvgIpc) is 3.69. The van der Waals surface area contributed by atoms with E-state index in [0.29, 0.717) is 37.6 Å². The summed E-state index contributed by atoms with van der Waals surface area (Å²) in [6.07, 6.45) is -3.22. The standard InChI is InChI=1S/C37H35F3N8O3.BrH/c1-25(34(49)44-19-21-48(4,22-20-44)24-27-9-6-5-7-10-27)43-35(50)46-33(32-17-18-42-47(32)30-15-13-29(41-3)14-16-30)26(2)45(36(46)51)31-12-8-11-28(23-31)37(38,39)40;/h5-18,23,25H,19-22,24H2,1-2,4H3;1H/t25-;/m0./s1. The summed E-state index contributed by atoms with van der Waals surface area (Å²) in [4.78, 5) is 46.9. The highest BCUT2D eigenvalue weighted by Crippen LogP contribution is 2.32. The van der Waals surface area contributed by atoms with Crippen molar-refractivity contribution in [3.8, 4) is 22.8 Å². The normalized spacial score (nSPS) is 14.6. The molecule has 52 heavy (non-hydrogen) atoms. The Balaban J connectivity index is 0.00000523. The number of nitrogens with zero attached hydrogens (tertiary/aromatic N) is 7. The lowest BCUT2D eigenvalue weighted by atomic mass is 10.1. The number of imidazole rings is 1. The van der Waals surface area contributed by atoms with Gasteiger partial charge >= 0.3 is 17.9 Å². The first-order valence-corrected chi connectivity index (χ1v) is 16.3. The van der Waals surface area contributed by atoms with Gasteiger partial charge in [0.05, 0.1) is 74.3 Å². The van der Waals surface area contributed by atoms with Crippen molar-refractivity contribution in [3.63, 3.8) is 0 Å². The van der Waals surface area contributed by atoms with Crippen LogP contribution in [0.3, 0.4) is 0 Å². The molecule has 0 spiro atoms. The van der Waals surface area contributed by atoms with Crippen LogP contribution in [0.4, 0.5) is 23.7 Å². The molecule has 1 N–H and O–H groups in total. The maximum absolute atomic E-state index is 14.1. The molecule has 11 nitrogen and oxygen atoms in total. The van der Waals surface area contributed by atoms with Crippen molar-refractivity contribution >= 4 is 17.6 Å². The average molecular weight is 778 g/mol. The molecular formula is C37H36BrF3N8O3. The molecule has 0 bridgehead atoms. The molecule has 5 aromatic rings. The van der Waals surface area contributed by atoms with Crippen LogP contribution in [0.1, 0.15) is 23.7 Å². The third kappa shape index (κ3) is 7.58. The summed E-state index contributed by atoms with van der Waals surface area (Å²) in [5, 5.41) is 7.05. The number of carbonyl (C=O) groups excluding carboxylic acids is 2. The molecule has 1 atom stereocenters. The number of likely N-dealkylation sites (N-methyl/N-ethyl adjacent to an activating group) is 1. The Morgan fingerprint density at radius 3 is 2.29 bits per heavy atom. The molecule has 0 saturated carbocycles. The number of piperazine rings is 1. The van der Waals surface area contributed by atoms with E-state index in [9.17, 15) is 27.6 Å². The van der Waals surface area contributed by atoms with Gasteiger partial charge in [0.25, 0.3) is 0 Å². The highest BCUT2D eigenvalue weighted by atomic mass is 79.9. The van der Waals surface area contributed by atoms with E-state index in [1.54, 1.807) is 35.2 Å². The quantitative estimate of drug-likeness (QED) is 0.203. The van der Waals surface area contributed by atoms with E-state index >= 15 is 0 Å². The van der Waals surface area contributed by atoms with Crippen LogP contribution in [0.15, 0.2) is 95.9 Å². The van der Waals surface area contributed by atoms with Crippen LogP contribution < -0.4 is 28.0 Å². The molecule has 0 aliphatic carbocycles. The van der Waals surface area contributed by atoms with Gasteiger partial charge in [-0.25, -0.2) is 23.7 Å². The van der Waals surface area contributed by atoms with Gasteiger partial charge in [0.15, 0.2) is 5.69 Å². The van der Waals surface area contributed by atoms with Crippen molar-refractivity contribution in [2.45, 2.75) is 32.6 Å². The maximum atomic E-state index is 14.1. The lowest BCUT2D eigenvalue weighted by Gasteiger charge is -2.42. The zero-order chi connectivity index (χ0) is 36.5. The summed E-state index contributed by atoms with van der Waals surface area (Å²) >= 11 is 0. The van der Waals surface area contributed by atoms with Gasteiger partial charge in [0.1, 0.15) is 18.3 Å². The van der Waals surface area contributed by atoms with Crippen molar-refractivity contribution in [1.29, 1.82) is 0 Å². The first-order chi connectivity index (χ1) is 24.3. The topological polar surface area (TPSA) is 98.5 Å². The Morgan fingerprint density at radius 1 is 0.981 bits per heavy atom. The molecule has 1 aliphatic heterocycles. The summed E-state index contributed by atoms with van der Waals surface area (Å²) in [7, 11) is 2.15. The lowest BCUT2D eigenvalue weighted by Crippen LogP contribution is -3.00. The monoisotopic (exact) mass is 776 g/mol. The molecule has 2 amide bonds. The van der Waals surface area contributed by atoms with Crippen molar-refractivity contribution in [2.75, 3.05) is 33.2 Å². The second kappa shape index (κ2) is 15.0. The van der Waals surface area contributed by atoms with Crippen LogP contribution in [0.5, 0.6) is 0 Å². The molecule has 3 aromatic carbocycles. The summed E-state index contributed by atoms with van der Waals surface area (Å²) in [5.74, 6) is -0.317. The third-order valence-electron chi connectivity index (χ3n) is 9.28. The van der Waals surface area contributed by atoms with Gasteiger partial charge in [-0.3, -0.25) is 9.36 Å². The fraction of sp³-hybridized carbons (Fsp3) is 0.270. The second-order valence-corrected chi connectivity index (χ2v) is 12.9. The van der Waals surface area contributed by atoms with Gasteiger partial charge in [0.2, 0.25) is 5.91 Å². The second-order valence-electron chi connectivity index (χ2n) is 12.9. The number of quaternary nitrogens is 1. The summed E-state index contributed by atoms with van der Waals surface area (Å²) in [6, 6.07) is 20.5. The number of halogens is 4. The number of nitrogens with one attached hydrogen (secondary N) is 1. The van der Waals surface area contributed by atoms with Crippen molar-refractivity contribution in [3.05, 3.63) is 130 Å². The first-order valence-electron chi connectivity index (χ1n) is 16.3. The van der Waals surface area contributed by atoms with Crippen molar-refractivity contribution < 1.29 is 44.2 Å². The molecule has 270 valence electrons. The van der Waals surface area contributed by atoms with Gasteiger partial charge in [-0.15, -0.1) is 0 Å². The van der Waals surface area contributed by atoms with Gasteiger partial charge in [-0.1, -0.05) is 48.5 Å². The molecule has 1 saturated heterocycles. The maximum Gasteiger partial charge on any atom is 0.416 e. The number of rotatable bonds is 7. The van der Waals surface area contributed by atoms with Gasteiger partial charge in [-0.05, 0) is 50.2 Å². The van der Waals surface area contributed by atoms with E-state index in [-0.39, 0.29) is 45.7 Å². The van der Waals surface area contributed by atoms with Crippen LogP contribution in [0, 0.1) is 13.5 Å². The van der Waals surface area contributed by atoms with Crippen LogP contribution >= 0.6 is 0 Å². The number of alkyl halides is 3. The van der Waals surface area contributed by atoms with E-state index in [1.807, 2.05) is 18.2 Å². The Labute approximate surface area is 308 Å². The molecule has 1 fully saturated rings. The van der Waals surface area contributed by atoms with Crippen LogP contribution in [-0.2, 0) is 17.5 Å². The number of hydrogen-bond donors (Lipinski definition) is 1. The van der Waals surface area contributed by atoms with E-state index < -0.39 is 29.5 Å². The predicted molar refractivity (Wildman–Crippen MR) is 185 cm³/mol. The van der Waals surface area contributed by atoms with Crippen molar-refractivity contribution in [1.82, 2.24) is 29.1 Å². The van der Waals surface area contributed by atoms with E-state index in [1.165, 1.54) is 42.4 Å². The zero-order valence-electron chi connectivity index (χ0n) is 28.6. The zero-order valence-corrected chi connectivity index (χ0v) is 30.2. The summed E-state index contributed by atoms with van der Waals surface area (Å²) < 4.78 is 45.2. The number of hydrogen-bond acceptors (Lipinski definition) is 4. The molecule has 6 rings (SSSR count). The Morgan fingerprint density at radius 2 is 1.65 bits per heavy atom. The highest BCUT2D eigenvalue weighted by molar-refractivity contribution is 5.89. The lowest BCUT2D eigenvalue weighted by molar-refractivity contribution is -0.926.